The molecule has 7 heteroatoms. The van der Waals surface area contributed by atoms with Gasteiger partial charge in [0.1, 0.15) is 12.1 Å². The van der Waals surface area contributed by atoms with Crippen molar-refractivity contribution >= 4 is 34.0 Å². The van der Waals surface area contributed by atoms with Crippen LogP contribution in [0.3, 0.4) is 0 Å². The molecule has 2 aromatic heterocycles. The van der Waals surface area contributed by atoms with E-state index in [9.17, 15) is 9.59 Å². The molecule has 118 valence electrons. The van der Waals surface area contributed by atoms with Gasteiger partial charge in [0.25, 0.3) is 0 Å². The van der Waals surface area contributed by atoms with Crippen LogP contribution in [-0.4, -0.2) is 15.5 Å². The van der Waals surface area contributed by atoms with Gasteiger partial charge in [-0.25, -0.2) is 4.98 Å². The van der Waals surface area contributed by atoms with E-state index in [1.807, 2.05) is 13.0 Å². The Bertz CT molecular complexity index is 949. The first-order valence-electron chi connectivity index (χ1n) is 7.45. The number of anilines is 1. The average Bonchev–Trinajstić information content (AvgIpc) is 3.22. The smallest absolute Gasteiger partial charge is 0.307 e. The van der Waals surface area contributed by atoms with Crippen LogP contribution in [0.2, 0.25) is 0 Å². The number of thiazole rings is 1. The van der Waals surface area contributed by atoms with Crippen molar-refractivity contribution in [2.24, 2.45) is 0 Å². The van der Waals surface area contributed by atoms with Crippen LogP contribution in [-0.2, 0) is 11.3 Å². The minimum Gasteiger partial charge on any atom is -0.440 e. The Kier molecular flexibility index (Phi) is 3.30. The first-order chi connectivity index (χ1) is 11.1. The summed E-state index contributed by atoms with van der Waals surface area (Å²) in [5.41, 5.74) is 2.92. The van der Waals surface area contributed by atoms with E-state index < -0.39 is 0 Å². The van der Waals surface area contributed by atoms with Gasteiger partial charge in [-0.1, -0.05) is 11.3 Å². The third kappa shape index (κ3) is 2.79. The molecule has 1 N–H and O–H groups in total. The number of aryl methyl sites for hydroxylation is 1. The molecule has 0 bridgehead atoms. The minimum atomic E-state index is -0.237. The molecule has 0 unspecified atom stereocenters. The number of aromatic nitrogens is 2. The monoisotopic (exact) mass is 329 g/mol. The number of fused-ring (bicyclic) bond motifs is 1. The highest BCUT2D eigenvalue weighted by Gasteiger charge is 2.28. The molecular formula is C16H15N3O3S. The molecule has 0 radical (unpaired) electrons. The lowest BCUT2D eigenvalue weighted by atomic mass is 10.3. The van der Waals surface area contributed by atoms with Crippen LogP contribution < -0.4 is 10.2 Å². The topological polar surface area (TPSA) is 77.1 Å². The second-order valence-electron chi connectivity index (χ2n) is 5.79. The predicted molar refractivity (Wildman–Crippen MR) is 87.9 cm³/mol. The summed E-state index contributed by atoms with van der Waals surface area (Å²) < 4.78 is 7.16. The van der Waals surface area contributed by atoms with Gasteiger partial charge in [-0.3, -0.25) is 14.2 Å². The van der Waals surface area contributed by atoms with E-state index in [1.54, 1.807) is 17.5 Å². The van der Waals surface area contributed by atoms with Crippen molar-refractivity contribution < 1.29 is 9.21 Å². The number of oxazole rings is 1. The van der Waals surface area contributed by atoms with Crippen LogP contribution >= 0.6 is 11.3 Å². The standard InChI is InChI=1S/C16H15N3O3S/c1-9-8-23-16(21)19(9)7-14(20)17-11-4-5-13-12(6-11)18-15(22-13)10-2-3-10/h4-6,8,10H,2-3,7H2,1H3,(H,17,20). The lowest BCUT2D eigenvalue weighted by Gasteiger charge is -2.06. The molecule has 1 aromatic carbocycles. The number of nitrogens with one attached hydrogen (secondary N) is 1. The predicted octanol–water partition coefficient (Wildman–Crippen LogP) is 2.88. The Morgan fingerprint density at radius 1 is 1.48 bits per heavy atom. The van der Waals surface area contributed by atoms with Gasteiger partial charge in [-0.15, -0.1) is 0 Å². The van der Waals surface area contributed by atoms with Gasteiger partial charge in [0.05, 0.1) is 0 Å². The summed E-state index contributed by atoms with van der Waals surface area (Å²) in [6.45, 7) is 1.82. The molecule has 23 heavy (non-hydrogen) atoms. The maximum Gasteiger partial charge on any atom is 0.307 e. The molecule has 2 heterocycles. The van der Waals surface area contributed by atoms with E-state index in [1.165, 1.54) is 4.57 Å². The van der Waals surface area contributed by atoms with Crippen molar-refractivity contribution in [2.75, 3.05) is 5.32 Å². The lowest BCUT2D eigenvalue weighted by Crippen LogP contribution is -2.25. The Morgan fingerprint density at radius 2 is 2.30 bits per heavy atom. The summed E-state index contributed by atoms with van der Waals surface area (Å²) >= 11 is 1.10. The molecule has 6 nitrogen and oxygen atoms in total. The van der Waals surface area contributed by atoms with E-state index in [0.29, 0.717) is 11.6 Å². The highest BCUT2D eigenvalue weighted by atomic mass is 32.1. The summed E-state index contributed by atoms with van der Waals surface area (Å²) in [6.07, 6.45) is 2.26. The van der Waals surface area contributed by atoms with Gasteiger partial charge in [0.2, 0.25) is 5.91 Å². The fourth-order valence-corrected chi connectivity index (χ4v) is 3.20. The normalized spacial score (nSPS) is 14.3. The van der Waals surface area contributed by atoms with Gasteiger partial charge < -0.3 is 9.73 Å². The average molecular weight is 329 g/mol. The zero-order valence-corrected chi connectivity index (χ0v) is 13.4. The van der Waals surface area contributed by atoms with Crippen LogP contribution in [0.4, 0.5) is 5.69 Å². The first kappa shape index (κ1) is 14.2. The SMILES string of the molecule is Cc1csc(=O)n1CC(=O)Nc1ccc2oc(C3CC3)nc2c1. The molecule has 0 spiro atoms. The molecule has 3 aromatic rings. The summed E-state index contributed by atoms with van der Waals surface area (Å²) in [5.74, 6) is 0.997. The number of carbonyl (C=O) groups excluding carboxylic acids is 1. The number of rotatable bonds is 4. The quantitative estimate of drug-likeness (QED) is 0.798. The molecule has 1 aliphatic carbocycles. The van der Waals surface area contributed by atoms with E-state index >= 15 is 0 Å². The van der Waals surface area contributed by atoms with Crippen LogP contribution in [0.25, 0.3) is 11.1 Å². The Labute approximate surface area is 135 Å². The Balaban J connectivity index is 1.52. The third-order valence-corrected chi connectivity index (χ3v) is 4.77. The van der Waals surface area contributed by atoms with Crippen molar-refractivity contribution in [1.82, 2.24) is 9.55 Å². The second-order valence-corrected chi connectivity index (χ2v) is 6.61. The molecule has 4 rings (SSSR count). The van der Waals surface area contributed by atoms with Crippen molar-refractivity contribution in [3.63, 3.8) is 0 Å². The Morgan fingerprint density at radius 3 is 3.00 bits per heavy atom. The van der Waals surface area contributed by atoms with Crippen LogP contribution in [0.15, 0.2) is 32.8 Å². The van der Waals surface area contributed by atoms with Crippen LogP contribution in [0.1, 0.15) is 30.3 Å². The molecule has 1 aliphatic rings. The zero-order chi connectivity index (χ0) is 16.0. The highest BCUT2D eigenvalue weighted by molar-refractivity contribution is 7.07. The second kappa shape index (κ2) is 5.34. The fourth-order valence-electron chi connectivity index (χ4n) is 2.47. The summed E-state index contributed by atoms with van der Waals surface area (Å²) in [7, 11) is 0. The van der Waals surface area contributed by atoms with Crippen molar-refractivity contribution in [1.29, 1.82) is 0 Å². The third-order valence-electron chi connectivity index (χ3n) is 3.89. The van der Waals surface area contributed by atoms with E-state index in [-0.39, 0.29) is 17.3 Å². The maximum absolute atomic E-state index is 12.1. The fraction of sp³-hybridized carbons (Fsp3) is 0.312. The van der Waals surface area contributed by atoms with E-state index in [4.69, 9.17) is 4.42 Å². The van der Waals surface area contributed by atoms with Gasteiger partial charge in [-0.05, 0) is 38.0 Å². The number of carbonyl (C=O) groups is 1. The number of hydrogen-bond acceptors (Lipinski definition) is 5. The molecule has 1 amide bonds. The van der Waals surface area contributed by atoms with Gasteiger partial charge in [-0.2, -0.15) is 0 Å². The number of benzene rings is 1. The highest BCUT2D eigenvalue weighted by Crippen LogP contribution is 2.40. The zero-order valence-electron chi connectivity index (χ0n) is 12.5. The summed E-state index contributed by atoms with van der Waals surface area (Å²) in [4.78, 5) is 28.1. The van der Waals surface area contributed by atoms with Crippen molar-refractivity contribution in [3.05, 3.63) is 44.8 Å². The molecule has 1 saturated carbocycles. The Hall–Kier alpha value is -2.41. The van der Waals surface area contributed by atoms with Gasteiger partial charge >= 0.3 is 4.87 Å². The first-order valence-corrected chi connectivity index (χ1v) is 8.33. The van der Waals surface area contributed by atoms with Crippen LogP contribution in [0, 0.1) is 6.92 Å². The van der Waals surface area contributed by atoms with Gasteiger partial charge in [0.15, 0.2) is 11.5 Å². The molecule has 0 aliphatic heterocycles. The molecular weight excluding hydrogens is 314 g/mol. The largest absolute Gasteiger partial charge is 0.440 e. The molecule has 0 saturated heterocycles. The number of nitrogens with zero attached hydrogens (tertiary/aromatic N) is 2. The van der Waals surface area contributed by atoms with Crippen LogP contribution in [0.5, 0.6) is 0 Å². The minimum absolute atomic E-state index is 0.0122. The molecule has 1 fully saturated rings. The summed E-state index contributed by atoms with van der Waals surface area (Å²) in [5, 5.41) is 4.55. The lowest BCUT2D eigenvalue weighted by molar-refractivity contribution is -0.116. The van der Waals surface area contributed by atoms with E-state index in [0.717, 1.165) is 46.9 Å². The van der Waals surface area contributed by atoms with E-state index in [2.05, 4.69) is 10.3 Å². The van der Waals surface area contributed by atoms with Gasteiger partial charge in [0, 0.05) is 22.7 Å². The van der Waals surface area contributed by atoms with Crippen molar-refractivity contribution in [2.45, 2.75) is 32.2 Å². The number of amides is 1. The number of hydrogen-bond donors (Lipinski definition) is 1. The molecule has 0 atom stereocenters. The van der Waals surface area contributed by atoms with Crippen molar-refractivity contribution in [3.8, 4) is 0 Å². The maximum atomic E-state index is 12.1. The summed E-state index contributed by atoms with van der Waals surface area (Å²) in [6, 6.07) is 5.39.